The highest BCUT2D eigenvalue weighted by atomic mass is 32.2. The van der Waals surface area contributed by atoms with Gasteiger partial charge in [-0.15, -0.1) is 0 Å². The molecule has 1 amide bonds. The van der Waals surface area contributed by atoms with Gasteiger partial charge in [-0.3, -0.25) is 9.69 Å². The Kier molecular flexibility index (Phi) is 6.25. The summed E-state index contributed by atoms with van der Waals surface area (Å²) in [6.45, 7) is 3.20. The Bertz CT molecular complexity index is 1630. The molecule has 37 heavy (non-hydrogen) atoms. The maximum absolute atomic E-state index is 13.6. The second-order valence-corrected chi connectivity index (χ2v) is 10.0. The zero-order valence-corrected chi connectivity index (χ0v) is 21.2. The number of hydrogen-bond acceptors (Lipinski definition) is 4. The average Bonchev–Trinajstić information content (AvgIpc) is 3.61. The average molecular weight is 504 g/mol. The van der Waals surface area contributed by atoms with Crippen molar-refractivity contribution in [3.8, 4) is 0 Å². The van der Waals surface area contributed by atoms with Crippen molar-refractivity contribution in [2.45, 2.75) is 20.0 Å². The van der Waals surface area contributed by atoms with E-state index in [9.17, 15) is 4.79 Å². The first-order valence-electron chi connectivity index (χ1n) is 12.1. The molecule has 6 heteroatoms. The molecule has 6 rings (SSSR count). The number of amidine groups is 1. The van der Waals surface area contributed by atoms with E-state index >= 15 is 0 Å². The number of benzene rings is 3. The summed E-state index contributed by atoms with van der Waals surface area (Å²) in [5, 5.41) is 1.75. The third-order valence-electron chi connectivity index (χ3n) is 6.30. The molecule has 0 radical (unpaired) electrons. The fourth-order valence-electron chi connectivity index (χ4n) is 4.57. The van der Waals surface area contributed by atoms with E-state index in [1.54, 1.807) is 11.2 Å². The fourth-order valence-corrected chi connectivity index (χ4v) is 5.56. The Morgan fingerprint density at radius 1 is 0.919 bits per heavy atom. The van der Waals surface area contributed by atoms with Gasteiger partial charge in [0, 0.05) is 29.2 Å². The standard InChI is InChI=1S/C31H25N3O2S/c1-22-9-7-10-23(17-22)19-33-20-24(27-14-5-6-15-28(27)33)18-29-30(35)34(21-26-13-8-16-36-26)31(37-29)32-25-11-3-2-4-12-25/h2-18,20H,19,21H2,1H3/b29-18-,32-31?. The highest BCUT2D eigenvalue weighted by Crippen LogP contribution is 2.36. The van der Waals surface area contributed by atoms with Gasteiger partial charge in [0.15, 0.2) is 5.17 Å². The molecule has 5 aromatic rings. The van der Waals surface area contributed by atoms with Crippen LogP contribution in [0.2, 0.25) is 0 Å². The molecular weight excluding hydrogens is 478 g/mol. The number of aliphatic imine (C=N–C) groups is 1. The normalized spacial score (nSPS) is 15.9. The summed E-state index contributed by atoms with van der Waals surface area (Å²) in [5.41, 5.74) is 5.44. The summed E-state index contributed by atoms with van der Waals surface area (Å²) in [5.74, 6) is 0.636. The Morgan fingerprint density at radius 3 is 2.57 bits per heavy atom. The number of para-hydroxylation sites is 2. The highest BCUT2D eigenvalue weighted by molar-refractivity contribution is 8.18. The quantitative estimate of drug-likeness (QED) is 0.227. The number of hydrogen-bond donors (Lipinski definition) is 0. The second kappa shape index (κ2) is 9.99. The molecule has 2 aromatic heterocycles. The van der Waals surface area contributed by atoms with E-state index in [4.69, 9.17) is 9.41 Å². The molecule has 0 aliphatic carbocycles. The molecule has 0 unspecified atom stereocenters. The van der Waals surface area contributed by atoms with Gasteiger partial charge in [-0.25, -0.2) is 4.99 Å². The van der Waals surface area contributed by atoms with Gasteiger partial charge in [-0.2, -0.15) is 0 Å². The number of aromatic nitrogens is 1. The number of thioether (sulfide) groups is 1. The summed E-state index contributed by atoms with van der Waals surface area (Å²) < 4.78 is 7.79. The summed E-state index contributed by atoms with van der Waals surface area (Å²) in [7, 11) is 0. The first-order valence-corrected chi connectivity index (χ1v) is 13.0. The lowest BCUT2D eigenvalue weighted by Crippen LogP contribution is -2.28. The maximum atomic E-state index is 13.6. The molecule has 1 aliphatic heterocycles. The summed E-state index contributed by atoms with van der Waals surface area (Å²) in [6.07, 6.45) is 5.75. The third-order valence-corrected chi connectivity index (χ3v) is 7.31. The van der Waals surface area contributed by atoms with Crippen molar-refractivity contribution < 1.29 is 9.21 Å². The van der Waals surface area contributed by atoms with Crippen molar-refractivity contribution in [2.75, 3.05) is 0 Å². The number of nitrogens with zero attached hydrogens (tertiary/aromatic N) is 3. The molecule has 1 saturated heterocycles. The number of carbonyl (C=O) groups is 1. The van der Waals surface area contributed by atoms with Crippen LogP contribution in [0.5, 0.6) is 0 Å². The lowest BCUT2D eigenvalue weighted by atomic mass is 10.1. The summed E-state index contributed by atoms with van der Waals surface area (Å²) in [4.78, 5) is 20.7. The number of carbonyl (C=O) groups excluding carboxylic acids is 1. The molecule has 0 atom stereocenters. The lowest BCUT2D eigenvalue weighted by molar-refractivity contribution is -0.122. The minimum atomic E-state index is -0.0772. The predicted octanol–water partition coefficient (Wildman–Crippen LogP) is 7.40. The molecule has 3 aromatic carbocycles. The monoisotopic (exact) mass is 503 g/mol. The molecule has 0 spiro atoms. The number of fused-ring (bicyclic) bond motifs is 1. The minimum absolute atomic E-state index is 0.0772. The van der Waals surface area contributed by atoms with E-state index in [2.05, 4.69) is 60.2 Å². The van der Waals surface area contributed by atoms with Crippen LogP contribution in [0.4, 0.5) is 5.69 Å². The fraction of sp³-hybridized carbons (Fsp3) is 0.0968. The van der Waals surface area contributed by atoms with Gasteiger partial charge in [-0.05, 0) is 60.7 Å². The van der Waals surface area contributed by atoms with E-state index in [-0.39, 0.29) is 5.91 Å². The van der Waals surface area contributed by atoms with E-state index in [0.29, 0.717) is 22.4 Å². The van der Waals surface area contributed by atoms with E-state index in [1.165, 1.54) is 22.9 Å². The van der Waals surface area contributed by atoms with Crippen LogP contribution in [0, 0.1) is 6.92 Å². The topological polar surface area (TPSA) is 50.7 Å². The molecule has 0 bridgehead atoms. The van der Waals surface area contributed by atoms with Gasteiger partial charge in [0.2, 0.25) is 0 Å². The second-order valence-electron chi connectivity index (χ2n) is 9.03. The van der Waals surface area contributed by atoms with Crippen LogP contribution < -0.4 is 0 Å². The molecule has 182 valence electrons. The Labute approximate surface area is 219 Å². The van der Waals surface area contributed by atoms with Crippen LogP contribution in [-0.4, -0.2) is 20.5 Å². The third kappa shape index (κ3) is 4.88. The number of amides is 1. The molecule has 1 aliphatic rings. The Hall–Kier alpha value is -4.29. The molecular formula is C31H25N3O2S. The van der Waals surface area contributed by atoms with Crippen LogP contribution in [-0.2, 0) is 17.9 Å². The Morgan fingerprint density at radius 2 is 1.76 bits per heavy atom. The maximum Gasteiger partial charge on any atom is 0.267 e. The van der Waals surface area contributed by atoms with Gasteiger partial charge < -0.3 is 8.98 Å². The predicted molar refractivity (Wildman–Crippen MR) is 151 cm³/mol. The smallest absolute Gasteiger partial charge is 0.267 e. The number of furan rings is 1. The van der Waals surface area contributed by atoms with Crippen LogP contribution in [0.25, 0.3) is 17.0 Å². The van der Waals surface area contributed by atoms with Crippen molar-refractivity contribution in [1.29, 1.82) is 0 Å². The zero-order chi connectivity index (χ0) is 25.2. The van der Waals surface area contributed by atoms with Crippen LogP contribution in [0.1, 0.15) is 22.5 Å². The van der Waals surface area contributed by atoms with Crippen LogP contribution >= 0.6 is 11.8 Å². The highest BCUT2D eigenvalue weighted by Gasteiger charge is 2.34. The van der Waals surface area contributed by atoms with Crippen molar-refractivity contribution in [3.05, 3.63) is 131 Å². The van der Waals surface area contributed by atoms with E-state index < -0.39 is 0 Å². The van der Waals surface area contributed by atoms with Gasteiger partial charge in [0.25, 0.3) is 5.91 Å². The van der Waals surface area contributed by atoms with Gasteiger partial charge in [0.1, 0.15) is 5.76 Å². The molecule has 1 fully saturated rings. The Balaban J connectivity index is 1.38. The first-order chi connectivity index (χ1) is 18.1. The summed E-state index contributed by atoms with van der Waals surface area (Å²) >= 11 is 1.40. The summed E-state index contributed by atoms with van der Waals surface area (Å²) in [6, 6.07) is 30.3. The van der Waals surface area contributed by atoms with Gasteiger partial charge >= 0.3 is 0 Å². The van der Waals surface area contributed by atoms with Crippen molar-refractivity contribution in [1.82, 2.24) is 9.47 Å². The molecule has 3 heterocycles. The largest absolute Gasteiger partial charge is 0.467 e. The zero-order valence-electron chi connectivity index (χ0n) is 20.4. The van der Waals surface area contributed by atoms with E-state index in [1.807, 2.05) is 54.6 Å². The van der Waals surface area contributed by atoms with Crippen molar-refractivity contribution in [2.24, 2.45) is 4.99 Å². The van der Waals surface area contributed by atoms with Gasteiger partial charge in [0.05, 0.1) is 23.4 Å². The minimum Gasteiger partial charge on any atom is -0.467 e. The first kappa shape index (κ1) is 23.1. The molecule has 5 nitrogen and oxygen atoms in total. The SMILES string of the molecule is Cc1cccc(Cn2cc(/C=C3\SC(=Nc4ccccc4)N(Cc4ccco4)C3=O)c3ccccc32)c1. The number of rotatable bonds is 6. The van der Waals surface area contributed by atoms with Crippen molar-refractivity contribution in [3.63, 3.8) is 0 Å². The van der Waals surface area contributed by atoms with E-state index in [0.717, 1.165) is 28.7 Å². The molecule has 0 N–H and O–H groups in total. The molecule has 0 saturated carbocycles. The number of aryl methyl sites for hydroxylation is 1. The van der Waals surface area contributed by atoms with Gasteiger partial charge in [-0.1, -0.05) is 66.2 Å². The lowest BCUT2D eigenvalue weighted by Gasteiger charge is -2.13. The van der Waals surface area contributed by atoms with Crippen LogP contribution in [0.15, 0.2) is 118 Å². The van der Waals surface area contributed by atoms with Crippen LogP contribution in [0.3, 0.4) is 0 Å². The van der Waals surface area contributed by atoms with Crippen molar-refractivity contribution >= 4 is 45.5 Å².